The third-order valence-corrected chi connectivity index (χ3v) is 1.19. The van der Waals surface area contributed by atoms with E-state index in [1.54, 1.807) is 18.2 Å². The van der Waals surface area contributed by atoms with Crippen molar-refractivity contribution in [2.45, 2.75) is 26.2 Å². The number of benzene rings is 1. The summed E-state index contributed by atoms with van der Waals surface area (Å²) in [5.74, 6) is 0.157. The molecule has 1 rings (SSSR count). The summed E-state index contributed by atoms with van der Waals surface area (Å²) in [6, 6.07) is 7.94. The van der Waals surface area contributed by atoms with Crippen LogP contribution in [-0.2, 0) is 0 Å². The van der Waals surface area contributed by atoms with Crippen LogP contribution in [0.3, 0.4) is 0 Å². The first-order valence-corrected chi connectivity index (χ1v) is 3.32. The van der Waals surface area contributed by atoms with Crippen LogP contribution in [0.15, 0.2) is 30.3 Å². The lowest BCUT2D eigenvalue weighted by atomic mass is 10.3. The second kappa shape index (κ2) is 4.02. The Morgan fingerprint density at radius 2 is 2.36 bits per heavy atom. The summed E-state index contributed by atoms with van der Waals surface area (Å²) in [6.07, 6.45) is -4.96. The molecule has 11 heavy (non-hydrogen) atoms. The van der Waals surface area contributed by atoms with Crippen molar-refractivity contribution in [2.24, 2.45) is 0 Å². The van der Waals surface area contributed by atoms with Crippen molar-refractivity contribution < 1.29 is 13.0 Å². The molecule has 0 saturated carbocycles. The van der Waals surface area contributed by atoms with Crippen molar-refractivity contribution in [1.82, 2.24) is 0 Å². The van der Waals surface area contributed by atoms with E-state index in [9.17, 15) is 0 Å². The molecule has 0 spiro atoms. The average molecular weight is 156 g/mol. The van der Waals surface area contributed by atoms with Crippen LogP contribution in [0.2, 0.25) is 0 Å². The molecule has 0 bridgehead atoms. The zero-order chi connectivity index (χ0) is 13.3. The molecule has 0 saturated heterocycles. The maximum Gasteiger partial charge on any atom is 0.119 e. The molecule has 0 heterocycles. The quantitative estimate of drug-likeness (QED) is 0.654. The van der Waals surface area contributed by atoms with Gasteiger partial charge in [0.05, 0.1) is 7.45 Å². The van der Waals surface area contributed by atoms with Gasteiger partial charge in [0.1, 0.15) is 5.75 Å². The highest BCUT2D eigenvalue weighted by Crippen LogP contribution is 2.11. The van der Waals surface area contributed by atoms with Gasteiger partial charge < -0.3 is 4.74 Å². The maximum absolute atomic E-state index is 7.80. The zero-order valence-electron chi connectivity index (χ0n) is 12.3. The molecule has 0 N–H and O–H groups in total. The van der Waals surface area contributed by atoms with E-state index in [0.717, 1.165) is 6.92 Å². The highest BCUT2D eigenvalue weighted by atomic mass is 16.5. The molecule has 0 aliphatic rings. The molecule has 1 unspecified atom stereocenters. The lowest BCUT2D eigenvalue weighted by molar-refractivity contribution is 0.217. The van der Waals surface area contributed by atoms with Crippen LogP contribution in [-0.4, -0.2) is 6.08 Å². The van der Waals surface area contributed by atoms with Crippen LogP contribution < -0.4 is 4.74 Å². The van der Waals surface area contributed by atoms with E-state index in [1.807, 2.05) is 0 Å². The van der Waals surface area contributed by atoms with Crippen molar-refractivity contribution >= 4 is 0 Å². The van der Waals surface area contributed by atoms with Gasteiger partial charge in [-0.05, 0) is 25.4 Å². The first kappa shape index (κ1) is 3.18. The minimum Gasteiger partial charge on any atom is -0.491 e. The molecular weight excluding hydrogens is 136 g/mol. The largest absolute Gasteiger partial charge is 0.491 e. The standard InChI is InChI=1S/C10H14O/c1-3-9(2)11-10-7-5-4-6-8-10/h4-9H,3H2,1-2H3/i2D3,3D2,9D. The highest BCUT2D eigenvalue weighted by molar-refractivity contribution is 5.21. The number of rotatable bonds is 3. The molecule has 0 radical (unpaired) electrons. The summed E-state index contributed by atoms with van der Waals surface area (Å²) >= 11 is 0. The number of ether oxygens (including phenoxy) is 1. The van der Waals surface area contributed by atoms with Gasteiger partial charge in [-0.3, -0.25) is 0 Å². The third kappa shape index (κ3) is 2.62. The summed E-state index contributed by atoms with van der Waals surface area (Å²) in [6.45, 7) is -1.86. The summed E-state index contributed by atoms with van der Waals surface area (Å²) < 4.78 is 49.6. The first-order valence-electron chi connectivity index (χ1n) is 6.32. The molecule has 0 aromatic heterocycles. The van der Waals surface area contributed by atoms with Crippen LogP contribution in [0.1, 0.15) is 28.4 Å². The Morgan fingerprint density at radius 3 is 2.91 bits per heavy atom. The van der Waals surface area contributed by atoms with E-state index >= 15 is 0 Å². The fourth-order valence-electron chi connectivity index (χ4n) is 0.657. The number of hydrogen-bond acceptors (Lipinski definition) is 1. The van der Waals surface area contributed by atoms with Crippen molar-refractivity contribution in [3.63, 3.8) is 0 Å². The Balaban J connectivity index is 3.11. The smallest absolute Gasteiger partial charge is 0.119 e. The SMILES string of the molecule is [2H]C([2H])([2H])C([2H])(Oc1ccccc1)C([2H])([2H])C. The summed E-state index contributed by atoms with van der Waals surface area (Å²) in [7, 11) is 0. The summed E-state index contributed by atoms with van der Waals surface area (Å²) in [5.41, 5.74) is 0. The number of para-hydroxylation sites is 1. The van der Waals surface area contributed by atoms with Crippen molar-refractivity contribution in [2.75, 3.05) is 0 Å². The molecule has 60 valence electrons. The van der Waals surface area contributed by atoms with Crippen molar-refractivity contribution in [3.8, 4) is 5.75 Å². The topological polar surface area (TPSA) is 9.23 Å². The van der Waals surface area contributed by atoms with Gasteiger partial charge in [-0.25, -0.2) is 0 Å². The summed E-state index contributed by atoms with van der Waals surface area (Å²) in [4.78, 5) is 0. The monoisotopic (exact) mass is 156 g/mol. The van der Waals surface area contributed by atoms with Crippen LogP contribution in [0.4, 0.5) is 0 Å². The second-order valence-electron chi connectivity index (χ2n) is 1.99. The first-order chi connectivity index (χ1) is 7.58. The van der Waals surface area contributed by atoms with E-state index in [2.05, 4.69) is 0 Å². The number of hydrogen-bond donors (Lipinski definition) is 0. The lowest BCUT2D eigenvalue weighted by Crippen LogP contribution is -2.09. The van der Waals surface area contributed by atoms with Crippen LogP contribution in [0.5, 0.6) is 5.75 Å². The van der Waals surface area contributed by atoms with E-state index in [4.69, 9.17) is 13.0 Å². The van der Waals surface area contributed by atoms with Gasteiger partial charge in [0, 0.05) is 6.85 Å². The molecule has 0 aliphatic carbocycles. The Bertz CT molecular complexity index is 353. The zero-order valence-corrected chi connectivity index (χ0v) is 6.29. The lowest BCUT2D eigenvalue weighted by Gasteiger charge is -2.11. The Labute approximate surface area is 76.4 Å². The molecule has 0 amide bonds. The van der Waals surface area contributed by atoms with Crippen LogP contribution >= 0.6 is 0 Å². The minimum atomic E-state index is -2.89. The van der Waals surface area contributed by atoms with Gasteiger partial charge in [-0.1, -0.05) is 25.1 Å². The van der Waals surface area contributed by atoms with E-state index in [1.165, 1.54) is 12.1 Å². The van der Waals surface area contributed by atoms with Gasteiger partial charge >= 0.3 is 0 Å². The van der Waals surface area contributed by atoms with Gasteiger partial charge in [0.15, 0.2) is 0 Å². The van der Waals surface area contributed by atoms with Gasteiger partial charge in [-0.15, -0.1) is 0 Å². The third-order valence-electron chi connectivity index (χ3n) is 1.19. The predicted molar refractivity (Wildman–Crippen MR) is 46.8 cm³/mol. The average Bonchev–Trinajstić information content (AvgIpc) is 2.15. The molecular formula is C10H14O. The highest BCUT2D eigenvalue weighted by Gasteiger charge is 1.97. The fraction of sp³-hybridized carbons (Fsp3) is 0.400. The normalized spacial score (nSPS) is 25.9. The molecule has 0 aliphatic heterocycles. The van der Waals surface area contributed by atoms with Crippen LogP contribution in [0, 0.1) is 0 Å². The van der Waals surface area contributed by atoms with Crippen molar-refractivity contribution in [3.05, 3.63) is 30.3 Å². The van der Waals surface area contributed by atoms with E-state index < -0.39 is 19.3 Å². The Kier molecular flexibility index (Phi) is 1.16. The Morgan fingerprint density at radius 1 is 1.64 bits per heavy atom. The van der Waals surface area contributed by atoms with Gasteiger partial charge in [0.25, 0.3) is 0 Å². The minimum absolute atomic E-state index is 0.157. The van der Waals surface area contributed by atoms with Crippen LogP contribution in [0.25, 0.3) is 0 Å². The van der Waals surface area contributed by atoms with E-state index in [0.29, 0.717) is 0 Å². The summed E-state index contributed by atoms with van der Waals surface area (Å²) in [5, 5.41) is 0. The predicted octanol–water partition coefficient (Wildman–Crippen LogP) is 2.86. The van der Waals surface area contributed by atoms with Gasteiger partial charge in [0.2, 0.25) is 0 Å². The molecule has 1 atom stereocenters. The van der Waals surface area contributed by atoms with Gasteiger partial charge in [-0.2, -0.15) is 0 Å². The molecule has 1 heteroatoms. The fourth-order valence-corrected chi connectivity index (χ4v) is 0.657. The Hall–Kier alpha value is -0.980. The molecule has 1 nitrogen and oxygen atoms in total. The maximum atomic E-state index is 7.80. The molecule has 0 fully saturated rings. The molecule has 1 aromatic carbocycles. The van der Waals surface area contributed by atoms with Crippen molar-refractivity contribution in [1.29, 1.82) is 0 Å². The second-order valence-corrected chi connectivity index (χ2v) is 1.99. The molecule has 1 aromatic rings. The van der Waals surface area contributed by atoms with E-state index in [-0.39, 0.29) is 5.75 Å².